The number of benzene rings is 3. The van der Waals surface area contributed by atoms with Gasteiger partial charge < -0.3 is 14.2 Å². The van der Waals surface area contributed by atoms with Gasteiger partial charge in [-0.25, -0.2) is 9.37 Å². The highest BCUT2D eigenvalue weighted by atomic mass is 35.5. The molecule has 1 fully saturated rings. The maximum Gasteiger partial charge on any atom is 0.227 e. The zero-order chi connectivity index (χ0) is 22.8. The van der Waals surface area contributed by atoms with E-state index in [4.69, 9.17) is 21.3 Å². The van der Waals surface area contributed by atoms with E-state index >= 15 is 0 Å². The zero-order valence-electron chi connectivity index (χ0n) is 18.0. The molecule has 3 aromatic carbocycles. The Morgan fingerprint density at radius 1 is 1.03 bits per heavy atom. The monoisotopic (exact) mass is 463 g/mol. The summed E-state index contributed by atoms with van der Waals surface area (Å²) in [6.07, 6.45) is 1.17. The summed E-state index contributed by atoms with van der Waals surface area (Å²) in [5.41, 5.74) is 2.67. The maximum atomic E-state index is 13.3. The third-order valence-corrected chi connectivity index (χ3v) is 6.17. The first-order chi connectivity index (χ1) is 16.1. The van der Waals surface area contributed by atoms with Crippen molar-refractivity contribution in [1.29, 1.82) is 0 Å². The molecule has 0 spiro atoms. The number of para-hydroxylation sites is 2. The van der Waals surface area contributed by atoms with Crippen LogP contribution in [0.15, 0.2) is 72.8 Å². The van der Waals surface area contributed by atoms with Crippen molar-refractivity contribution < 1.29 is 13.9 Å². The number of hydrogen-bond acceptors (Lipinski definition) is 3. The smallest absolute Gasteiger partial charge is 0.227 e. The van der Waals surface area contributed by atoms with Gasteiger partial charge in [-0.05, 0) is 67.1 Å². The highest BCUT2D eigenvalue weighted by Crippen LogP contribution is 2.33. The minimum Gasteiger partial charge on any atom is -0.494 e. The fourth-order valence-corrected chi connectivity index (χ4v) is 4.46. The molecule has 4 aromatic rings. The summed E-state index contributed by atoms with van der Waals surface area (Å²) in [7, 11) is 0. The van der Waals surface area contributed by atoms with Crippen LogP contribution in [0.4, 0.5) is 10.1 Å². The first-order valence-electron chi connectivity index (χ1n) is 11.0. The van der Waals surface area contributed by atoms with Crippen LogP contribution in [-0.4, -0.2) is 28.6 Å². The molecule has 1 aliphatic heterocycles. The van der Waals surface area contributed by atoms with Gasteiger partial charge in [0.25, 0.3) is 0 Å². The van der Waals surface area contributed by atoms with Crippen molar-refractivity contribution in [2.45, 2.75) is 25.3 Å². The molecule has 1 amide bonds. The Bertz CT molecular complexity index is 1270. The SMILES string of the molecule is O=C1C[C@@H](c2nc3ccccc3n2CCCOc2ccc(Cl)cc2)CN1c1ccc(F)cc1. The largest absolute Gasteiger partial charge is 0.494 e. The van der Waals surface area contributed by atoms with Crippen molar-refractivity contribution in [3.05, 3.63) is 89.5 Å². The molecule has 0 unspecified atom stereocenters. The molecule has 1 atom stereocenters. The second kappa shape index (κ2) is 9.24. The first kappa shape index (κ1) is 21.5. The number of carbonyl (C=O) groups excluding carboxylic acids is 1. The summed E-state index contributed by atoms with van der Waals surface area (Å²) >= 11 is 5.93. The molecule has 2 heterocycles. The minimum absolute atomic E-state index is 0.0243. The number of hydrogen-bond donors (Lipinski definition) is 0. The fraction of sp³-hybridized carbons (Fsp3) is 0.231. The van der Waals surface area contributed by atoms with Gasteiger partial charge in [0.05, 0.1) is 17.6 Å². The molecule has 168 valence electrons. The van der Waals surface area contributed by atoms with Crippen LogP contribution in [0, 0.1) is 5.82 Å². The third-order valence-electron chi connectivity index (χ3n) is 5.92. The lowest BCUT2D eigenvalue weighted by Crippen LogP contribution is -2.24. The first-order valence-corrected chi connectivity index (χ1v) is 11.4. The summed E-state index contributed by atoms with van der Waals surface area (Å²) in [5, 5.41) is 0.678. The average molecular weight is 464 g/mol. The number of fused-ring (bicyclic) bond motifs is 1. The number of amides is 1. The quantitative estimate of drug-likeness (QED) is 0.324. The Hall–Kier alpha value is -3.38. The lowest BCUT2D eigenvalue weighted by atomic mass is 10.1. The summed E-state index contributed by atoms with van der Waals surface area (Å²) in [5.74, 6) is 1.36. The van der Waals surface area contributed by atoms with Gasteiger partial charge in [-0.3, -0.25) is 4.79 Å². The average Bonchev–Trinajstić information content (AvgIpc) is 3.39. The molecular formula is C26H23ClFN3O2. The van der Waals surface area contributed by atoms with Gasteiger partial charge >= 0.3 is 0 Å². The van der Waals surface area contributed by atoms with E-state index in [-0.39, 0.29) is 17.6 Å². The Kier molecular flexibility index (Phi) is 6.01. The Balaban J connectivity index is 1.34. The van der Waals surface area contributed by atoms with Crippen LogP contribution in [0.1, 0.15) is 24.6 Å². The fourth-order valence-electron chi connectivity index (χ4n) is 4.34. The normalized spacial score (nSPS) is 16.0. The van der Waals surface area contributed by atoms with E-state index in [2.05, 4.69) is 10.6 Å². The van der Waals surface area contributed by atoms with E-state index in [1.807, 2.05) is 42.5 Å². The van der Waals surface area contributed by atoms with Crippen LogP contribution in [0.2, 0.25) is 5.02 Å². The predicted octanol–water partition coefficient (Wildman–Crippen LogP) is 5.82. The van der Waals surface area contributed by atoms with Crippen LogP contribution in [0.25, 0.3) is 11.0 Å². The van der Waals surface area contributed by atoms with Crippen molar-refractivity contribution in [1.82, 2.24) is 9.55 Å². The van der Waals surface area contributed by atoms with Crippen molar-refractivity contribution in [3.63, 3.8) is 0 Å². The van der Waals surface area contributed by atoms with Gasteiger partial charge in [0.15, 0.2) is 0 Å². The van der Waals surface area contributed by atoms with Crippen LogP contribution in [0.5, 0.6) is 5.75 Å². The molecule has 33 heavy (non-hydrogen) atoms. The van der Waals surface area contributed by atoms with Crippen molar-refractivity contribution in [2.75, 3.05) is 18.1 Å². The van der Waals surface area contributed by atoms with E-state index < -0.39 is 0 Å². The van der Waals surface area contributed by atoms with Gasteiger partial charge in [0, 0.05) is 36.1 Å². The minimum atomic E-state index is -0.315. The standard InChI is InChI=1S/C26H23ClFN3O2/c27-19-6-12-22(13-7-19)33-15-3-14-30-24-5-2-1-4-23(24)29-26(30)18-16-25(32)31(17-18)21-10-8-20(28)9-11-21/h1-2,4-13,18H,3,14-17H2/t18-/m1/s1. The number of imidazole rings is 1. The molecule has 0 N–H and O–H groups in total. The van der Waals surface area contributed by atoms with Crippen molar-refractivity contribution >= 4 is 34.2 Å². The highest BCUT2D eigenvalue weighted by molar-refractivity contribution is 6.30. The molecule has 7 heteroatoms. The number of ether oxygens (including phenoxy) is 1. The second-order valence-electron chi connectivity index (χ2n) is 8.15. The highest BCUT2D eigenvalue weighted by Gasteiger charge is 2.34. The summed E-state index contributed by atoms with van der Waals surface area (Å²) in [6, 6.07) is 21.4. The van der Waals surface area contributed by atoms with E-state index in [0.717, 1.165) is 35.6 Å². The number of aryl methyl sites for hydroxylation is 1. The third kappa shape index (κ3) is 4.57. The van der Waals surface area contributed by atoms with Crippen LogP contribution < -0.4 is 9.64 Å². The number of rotatable bonds is 7. The van der Waals surface area contributed by atoms with Gasteiger partial charge in [-0.2, -0.15) is 0 Å². The van der Waals surface area contributed by atoms with Gasteiger partial charge in [-0.15, -0.1) is 0 Å². The molecule has 5 nitrogen and oxygen atoms in total. The number of halogens is 2. The second-order valence-corrected chi connectivity index (χ2v) is 8.58. The van der Waals surface area contributed by atoms with Crippen molar-refractivity contribution in [3.8, 4) is 5.75 Å². The number of aromatic nitrogens is 2. The number of nitrogens with zero attached hydrogens (tertiary/aromatic N) is 3. The Morgan fingerprint density at radius 3 is 2.58 bits per heavy atom. The maximum absolute atomic E-state index is 13.3. The summed E-state index contributed by atoms with van der Waals surface area (Å²) in [4.78, 5) is 19.4. The predicted molar refractivity (Wildman–Crippen MR) is 127 cm³/mol. The van der Waals surface area contributed by atoms with E-state index in [9.17, 15) is 9.18 Å². The topological polar surface area (TPSA) is 47.4 Å². The number of carbonyl (C=O) groups is 1. The van der Waals surface area contributed by atoms with Gasteiger partial charge in [0.2, 0.25) is 5.91 Å². The van der Waals surface area contributed by atoms with E-state index in [1.165, 1.54) is 12.1 Å². The van der Waals surface area contributed by atoms with E-state index in [0.29, 0.717) is 30.3 Å². The zero-order valence-corrected chi connectivity index (χ0v) is 18.7. The molecule has 1 aromatic heterocycles. The molecule has 0 saturated carbocycles. The molecule has 1 aliphatic rings. The molecule has 0 aliphatic carbocycles. The Morgan fingerprint density at radius 2 is 1.79 bits per heavy atom. The van der Waals surface area contributed by atoms with Gasteiger partial charge in [0.1, 0.15) is 17.4 Å². The van der Waals surface area contributed by atoms with Crippen LogP contribution >= 0.6 is 11.6 Å². The van der Waals surface area contributed by atoms with Crippen molar-refractivity contribution in [2.24, 2.45) is 0 Å². The molecular weight excluding hydrogens is 441 g/mol. The summed E-state index contributed by atoms with van der Waals surface area (Å²) < 4.78 is 21.4. The lowest BCUT2D eigenvalue weighted by molar-refractivity contribution is -0.117. The molecule has 0 bridgehead atoms. The van der Waals surface area contributed by atoms with E-state index in [1.54, 1.807) is 17.0 Å². The molecule has 0 radical (unpaired) electrons. The van der Waals surface area contributed by atoms with Gasteiger partial charge in [-0.1, -0.05) is 23.7 Å². The molecule has 1 saturated heterocycles. The van der Waals surface area contributed by atoms with Crippen LogP contribution in [-0.2, 0) is 11.3 Å². The number of anilines is 1. The molecule has 5 rings (SSSR count). The Labute approximate surface area is 196 Å². The summed E-state index contributed by atoms with van der Waals surface area (Å²) in [6.45, 7) is 1.80. The lowest BCUT2D eigenvalue weighted by Gasteiger charge is -2.17. The van der Waals surface area contributed by atoms with Crippen LogP contribution in [0.3, 0.4) is 0 Å².